The van der Waals surface area contributed by atoms with Crippen molar-refractivity contribution in [2.45, 2.75) is 37.2 Å². The highest BCUT2D eigenvalue weighted by Gasteiger charge is 2.19. The van der Waals surface area contributed by atoms with E-state index in [-0.39, 0.29) is 23.9 Å². The summed E-state index contributed by atoms with van der Waals surface area (Å²) in [6.07, 6.45) is 0.674. The predicted octanol–water partition coefficient (Wildman–Crippen LogP) is 2.85. The van der Waals surface area contributed by atoms with E-state index >= 15 is 0 Å². The van der Waals surface area contributed by atoms with Crippen LogP contribution in [0.3, 0.4) is 0 Å². The summed E-state index contributed by atoms with van der Waals surface area (Å²) in [5.41, 5.74) is 0. The minimum absolute atomic E-state index is 0.222. The zero-order valence-electron chi connectivity index (χ0n) is 11.5. The Hall–Kier alpha value is -1.07. The van der Waals surface area contributed by atoms with Gasteiger partial charge in [0.15, 0.2) is 0 Å². The van der Waals surface area contributed by atoms with Gasteiger partial charge in [0.25, 0.3) is 0 Å². The van der Waals surface area contributed by atoms with Gasteiger partial charge in [-0.25, -0.2) is 4.39 Å². The first-order valence-electron chi connectivity index (χ1n) is 6.25. The van der Waals surface area contributed by atoms with Crippen molar-refractivity contribution < 1.29 is 13.9 Å². The maximum atomic E-state index is 12.8. The summed E-state index contributed by atoms with van der Waals surface area (Å²) in [4.78, 5) is 12.6. The summed E-state index contributed by atoms with van der Waals surface area (Å²) >= 11 is 1.60. The first-order chi connectivity index (χ1) is 9.02. The highest BCUT2D eigenvalue weighted by atomic mass is 32.2. The second-order valence-electron chi connectivity index (χ2n) is 4.49. The van der Waals surface area contributed by atoms with E-state index < -0.39 is 0 Å². The second-order valence-corrected chi connectivity index (χ2v) is 5.66. The first-order valence-corrected chi connectivity index (χ1v) is 7.23. The van der Waals surface area contributed by atoms with Crippen LogP contribution in [0, 0.1) is 5.82 Å². The van der Waals surface area contributed by atoms with Crippen LogP contribution >= 0.6 is 11.8 Å². The lowest BCUT2D eigenvalue weighted by molar-refractivity contribution is -0.143. The molecule has 0 saturated carbocycles. The Balaban J connectivity index is 2.43. The number of carbonyl (C=O) groups is 1. The van der Waals surface area contributed by atoms with Crippen molar-refractivity contribution in [3.63, 3.8) is 0 Å². The van der Waals surface area contributed by atoms with E-state index in [1.165, 1.54) is 19.2 Å². The highest BCUT2D eigenvalue weighted by molar-refractivity contribution is 7.99. The number of esters is 1. The number of halogens is 1. The SMILES string of the molecule is COC(=O)C(CCSc1ccc(F)cc1)NC(C)C. The molecule has 106 valence electrons. The van der Waals surface area contributed by atoms with E-state index in [1.54, 1.807) is 23.9 Å². The molecule has 1 rings (SSSR count). The Morgan fingerprint density at radius 2 is 2.00 bits per heavy atom. The van der Waals surface area contributed by atoms with Gasteiger partial charge in [-0.2, -0.15) is 0 Å². The first kappa shape index (κ1) is 16.0. The largest absolute Gasteiger partial charge is 0.468 e. The van der Waals surface area contributed by atoms with Crippen LogP contribution < -0.4 is 5.32 Å². The molecule has 0 amide bonds. The van der Waals surface area contributed by atoms with Crippen molar-refractivity contribution in [2.24, 2.45) is 0 Å². The third-order valence-corrected chi connectivity index (χ3v) is 3.55. The molecule has 0 saturated heterocycles. The van der Waals surface area contributed by atoms with Crippen LogP contribution in [0.2, 0.25) is 0 Å². The Morgan fingerprint density at radius 3 is 2.53 bits per heavy atom. The van der Waals surface area contributed by atoms with Crippen LogP contribution in [-0.4, -0.2) is 30.9 Å². The number of nitrogens with one attached hydrogen (secondary N) is 1. The summed E-state index contributed by atoms with van der Waals surface area (Å²) in [6.45, 7) is 3.98. The Bertz CT molecular complexity index is 395. The molecule has 0 bridgehead atoms. The van der Waals surface area contributed by atoms with Crippen LogP contribution in [0.1, 0.15) is 20.3 Å². The van der Waals surface area contributed by atoms with Gasteiger partial charge in [-0.3, -0.25) is 4.79 Å². The van der Waals surface area contributed by atoms with Crippen LogP contribution in [0.4, 0.5) is 4.39 Å². The van der Waals surface area contributed by atoms with Crippen LogP contribution in [0.15, 0.2) is 29.2 Å². The topological polar surface area (TPSA) is 38.3 Å². The third kappa shape index (κ3) is 6.07. The van der Waals surface area contributed by atoms with Gasteiger partial charge in [0.05, 0.1) is 7.11 Å². The normalized spacial score (nSPS) is 12.5. The molecule has 0 aliphatic carbocycles. The molecule has 1 aromatic carbocycles. The van der Waals surface area contributed by atoms with Crippen LogP contribution in [0.25, 0.3) is 0 Å². The predicted molar refractivity (Wildman–Crippen MR) is 75.8 cm³/mol. The Morgan fingerprint density at radius 1 is 1.37 bits per heavy atom. The number of hydrogen-bond acceptors (Lipinski definition) is 4. The fraction of sp³-hybridized carbons (Fsp3) is 0.500. The summed E-state index contributed by atoms with van der Waals surface area (Å²) < 4.78 is 17.5. The minimum atomic E-state index is -0.294. The van der Waals surface area contributed by atoms with Gasteiger partial charge in [-0.1, -0.05) is 13.8 Å². The van der Waals surface area contributed by atoms with E-state index in [2.05, 4.69) is 5.32 Å². The van der Waals surface area contributed by atoms with Gasteiger partial charge >= 0.3 is 5.97 Å². The van der Waals surface area contributed by atoms with Gasteiger partial charge in [-0.15, -0.1) is 11.8 Å². The number of rotatable bonds is 7. The molecule has 0 radical (unpaired) electrons. The summed E-state index contributed by atoms with van der Waals surface area (Å²) in [7, 11) is 1.39. The number of hydrogen-bond donors (Lipinski definition) is 1. The molecular weight excluding hydrogens is 265 g/mol. The Labute approximate surface area is 117 Å². The maximum absolute atomic E-state index is 12.8. The molecular formula is C14H20FNO2S. The monoisotopic (exact) mass is 285 g/mol. The van der Waals surface area contributed by atoms with Gasteiger partial charge < -0.3 is 10.1 Å². The van der Waals surface area contributed by atoms with Crippen molar-refractivity contribution in [1.82, 2.24) is 5.32 Å². The number of thioether (sulfide) groups is 1. The molecule has 1 unspecified atom stereocenters. The van der Waals surface area contributed by atoms with Crippen molar-refractivity contribution in [2.75, 3.05) is 12.9 Å². The quantitative estimate of drug-likeness (QED) is 0.617. The summed E-state index contributed by atoms with van der Waals surface area (Å²) in [5, 5.41) is 3.18. The van der Waals surface area contributed by atoms with Crippen molar-refractivity contribution in [1.29, 1.82) is 0 Å². The average molecular weight is 285 g/mol. The molecule has 0 fully saturated rings. The van der Waals surface area contributed by atoms with Crippen molar-refractivity contribution >= 4 is 17.7 Å². The van der Waals surface area contributed by atoms with Gasteiger partial charge in [0.2, 0.25) is 0 Å². The van der Waals surface area contributed by atoms with Gasteiger partial charge in [-0.05, 0) is 30.7 Å². The van der Waals surface area contributed by atoms with E-state index in [0.29, 0.717) is 6.42 Å². The number of carbonyl (C=O) groups excluding carboxylic acids is 1. The van der Waals surface area contributed by atoms with E-state index in [9.17, 15) is 9.18 Å². The molecule has 0 aromatic heterocycles. The van der Waals surface area contributed by atoms with Gasteiger partial charge in [0, 0.05) is 16.7 Å². The lowest BCUT2D eigenvalue weighted by Crippen LogP contribution is -2.41. The average Bonchev–Trinajstić information content (AvgIpc) is 2.38. The van der Waals surface area contributed by atoms with Crippen LogP contribution in [-0.2, 0) is 9.53 Å². The maximum Gasteiger partial charge on any atom is 0.322 e. The second kappa shape index (κ2) is 8.17. The highest BCUT2D eigenvalue weighted by Crippen LogP contribution is 2.19. The third-order valence-electron chi connectivity index (χ3n) is 2.51. The summed E-state index contributed by atoms with van der Waals surface area (Å²) in [5.74, 6) is 0.289. The number of benzene rings is 1. The molecule has 19 heavy (non-hydrogen) atoms. The van der Waals surface area contributed by atoms with Crippen molar-refractivity contribution in [3.05, 3.63) is 30.1 Å². The number of ether oxygens (including phenoxy) is 1. The molecule has 1 N–H and O–H groups in total. The van der Waals surface area contributed by atoms with Gasteiger partial charge in [0.1, 0.15) is 11.9 Å². The molecule has 1 atom stereocenters. The number of methoxy groups -OCH3 is 1. The molecule has 0 aliphatic heterocycles. The Kier molecular flexibility index (Phi) is 6.87. The fourth-order valence-corrected chi connectivity index (χ4v) is 2.56. The molecule has 0 heterocycles. The lowest BCUT2D eigenvalue weighted by Gasteiger charge is -2.18. The lowest BCUT2D eigenvalue weighted by atomic mass is 10.2. The zero-order valence-corrected chi connectivity index (χ0v) is 12.3. The molecule has 0 spiro atoms. The van der Waals surface area contributed by atoms with Crippen molar-refractivity contribution in [3.8, 4) is 0 Å². The molecule has 5 heteroatoms. The fourth-order valence-electron chi connectivity index (χ4n) is 1.64. The van der Waals surface area contributed by atoms with E-state index in [4.69, 9.17) is 4.74 Å². The van der Waals surface area contributed by atoms with Crippen LogP contribution in [0.5, 0.6) is 0 Å². The molecule has 3 nitrogen and oxygen atoms in total. The molecule has 1 aromatic rings. The van der Waals surface area contributed by atoms with E-state index in [1.807, 2.05) is 13.8 Å². The minimum Gasteiger partial charge on any atom is -0.468 e. The van der Waals surface area contributed by atoms with E-state index in [0.717, 1.165) is 10.6 Å². The smallest absolute Gasteiger partial charge is 0.322 e. The molecule has 0 aliphatic rings. The zero-order chi connectivity index (χ0) is 14.3. The summed E-state index contributed by atoms with van der Waals surface area (Å²) in [6, 6.07) is 6.28. The standard InChI is InChI=1S/C14H20FNO2S/c1-10(2)16-13(14(17)18-3)8-9-19-12-6-4-11(15)5-7-12/h4-7,10,13,16H,8-9H2,1-3H3.